The quantitative estimate of drug-likeness (QED) is 0.609. The molecule has 50 valence electrons. The third kappa shape index (κ3) is 1.17. The summed E-state index contributed by atoms with van der Waals surface area (Å²) >= 11 is 5.58. The van der Waals surface area contributed by atoms with Crippen molar-refractivity contribution in [3.05, 3.63) is 23.0 Å². The van der Waals surface area contributed by atoms with Crippen molar-refractivity contribution in [3.63, 3.8) is 0 Å². The molecule has 0 saturated carbocycles. The minimum atomic E-state index is 0.277. The highest BCUT2D eigenvalue weighted by Gasteiger charge is 1.96. The molecule has 0 radical (unpaired) electrons. The Morgan fingerprint density at radius 2 is 2.40 bits per heavy atom. The second-order valence-corrected chi connectivity index (χ2v) is 2.11. The van der Waals surface area contributed by atoms with E-state index in [1.54, 1.807) is 0 Å². The molecule has 0 aliphatic heterocycles. The van der Waals surface area contributed by atoms with E-state index in [2.05, 4.69) is 4.98 Å². The van der Waals surface area contributed by atoms with Crippen molar-refractivity contribution in [3.8, 4) is 6.07 Å². The third-order valence-corrected chi connectivity index (χ3v) is 1.32. The maximum atomic E-state index is 8.34. The Hall–Kier alpha value is -1.27. The molecule has 1 heterocycles. The molecule has 0 bridgehead atoms. The van der Waals surface area contributed by atoms with E-state index in [4.69, 9.17) is 22.6 Å². The van der Waals surface area contributed by atoms with Crippen molar-refractivity contribution in [2.45, 2.75) is 0 Å². The van der Waals surface area contributed by atoms with Gasteiger partial charge in [-0.3, -0.25) is 0 Å². The minimum Gasteiger partial charge on any atom is -0.396 e. The predicted octanol–water partition coefficient (Wildman–Crippen LogP) is 1.19. The normalized spacial score (nSPS) is 8.80. The fourth-order valence-corrected chi connectivity index (χ4v) is 0.655. The zero-order chi connectivity index (χ0) is 7.56. The number of hydrogen-bond donors (Lipinski definition) is 1. The van der Waals surface area contributed by atoms with Gasteiger partial charge < -0.3 is 5.73 Å². The number of nitrogens with zero attached hydrogens (tertiary/aromatic N) is 2. The molecule has 0 unspecified atom stereocenters. The number of halogens is 1. The summed E-state index contributed by atoms with van der Waals surface area (Å²) in [5, 5.41) is 8.71. The van der Waals surface area contributed by atoms with E-state index in [9.17, 15) is 0 Å². The lowest BCUT2D eigenvalue weighted by atomic mass is 10.3. The second kappa shape index (κ2) is 2.54. The Kier molecular flexibility index (Phi) is 1.74. The highest BCUT2D eigenvalue weighted by Crippen LogP contribution is 2.16. The number of rotatable bonds is 0. The zero-order valence-corrected chi connectivity index (χ0v) is 5.76. The van der Waals surface area contributed by atoms with Crippen LogP contribution >= 0.6 is 11.6 Å². The molecule has 0 fully saturated rings. The van der Waals surface area contributed by atoms with Gasteiger partial charge in [-0.25, -0.2) is 4.98 Å². The van der Waals surface area contributed by atoms with E-state index in [-0.39, 0.29) is 5.69 Å². The zero-order valence-electron chi connectivity index (χ0n) is 5.00. The number of nitriles is 1. The van der Waals surface area contributed by atoms with Crippen LogP contribution in [0, 0.1) is 11.3 Å². The molecule has 0 aliphatic rings. The molecule has 3 nitrogen and oxygen atoms in total. The highest BCUT2D eigenvalue weighted by atomic mass is 35.5. The molecule has 1 aromatic heterocycles. The average Bonchev–Trinajstić information content (AvgIpc) is 1.95. The molecule has 0 aliphatic carbocycles. The number of nitrogens with two attached hydrogens (primary N) is 1. The summed E-state index contributed by atoms with van der Waals surface area (Å²) in [5.74, 6) is 0. The Balaban J connectivity index is 3.20. The van der Waals surface area contributed by atoms with Crippen LogP contribution in [0.4, 0.5) is 5.69 Å². The Morgan fingerprint density at radius 3 is 2.90 bits per heavy atom. The maximum absolute atomic E-state index is 8.34. The highest BCUT2D eigenvalue weighted by molar-refractivity contribution is 6.33. The van der Waals surface area contributed by atoms with Crippen LogP contribution in [-0.4, -0.2) is 4.98 Å². The van der Waals surface area contributed by atoms with Gasteiger partial charge in [-0.1, -0.05) is 11.6 Å². The summed E-state index contributed by atoms with van der Waals surface area (Å²) in [6, 6.07) is 3.27. The van der Waals surface area contributed by atoms with Gasteiger partial charge in [0.05, 0.1) is 16.9 Å². The summed E-state index contributed by atoms with van der Waals surface area (Å²) in [6.45, 7) is 0. The summed E-state index contributed by atoms with van der Waals surface area (Å²) in [6.07, 6.45) is 1.36. The third-order valence-electron chi connectivity index (χ3n) is 0.996. The number of pyridine rings is 1. The van der Waals surface area contributed by atoms with Gasteiger partial charge in [0.1, 0.15) is 11.8 Å². The van der Waals surface area contributed by atoms with Crippen LogP contribution in [0.25, 0.3) is 0 Å². The number of hydrogen-bond acceptors (Lipinski definition) is 3. The second-order valence-electron chi connectivity index (χ2n) is 1.70. The molecule has 4 heteroatoms. The van der Waals surface area contributed by atoms with Crippen molar-refractivity contribution in [2.24, 2.45) is 0 Å². The van der Waals surface area contributed by atoms with E-state index >= 15 is 0 Å². The Labute approximate surface area is 63.1 Å². The Morgan fingerprint density at radius 1 is 1.70 bits per heavy atom. The first-order chi connectivity index (χ1) is 4.74. The number of aromatic nitrogens is 1. The summed E-state index contributed by atoms with van der Waals surface area (Å²) < 4.78 is 0. The van der Waals surface area contributed by atoms with E-state index in [1.165, 1.54) is 12.3 Å². The first-order valence-corrected chi connectivity index (χ1v) is 2.93. The van der Waals surface area contributed by atoms with E-state index in [1.807, 2.05) is 6.07 Å². The van der Waals surface area contributed by atoms with Crippen molar-refractivity contribution >= 4 is 17.3 Å². The molecule has 2 N–H and O–H groups in total. The lowest BCUT2D eigenvalue weighted by Gasteiger charge is -1.94. The van der Waals surface area contributed by atoms with Crippen LogP contribution in [0.2, 0.25) is 5.02 Å². The first-order valence-electron chi connectivity index (χ1n) is 2.55. The van der Waals surface area contributed by atoms with Gasteiger partial charge in [0.25, 0.3) is 0 Å². The van der Waals surface area contributed by atoms with Gasteiger partial charge in [-0.15, -0.1) is 0 Å². The van der Waals surface area contributed by atoms with E-state index in [0.717, 1.165) is 0 Å². The van der Waals surface area contributed by atoms with Crippen LogP contribution in [-0.2, 0) is 0 Å². The smallest absolute Gasteiger partial charge is 0.142 e. The van der Waals surface area contributed by atoms with Crippen molar-refractivity contribution in [1.82, 2.24) is 4.98 Å². The molecule has 0 aromatic carbocycles. The van der Waals surface area contributed by atoms with Gasteiger partial charge in [0.15, 0.2) is 0 Å². The summed E-state index contributed by atoms with van der Waals surface area (Å²) in [7, 11) is 0. The molecular weight excluding hydrogens is 150 g/mol. The van der Waals surface area contributed by atoms with E-state index in [0.29, 0.717) is 10.7 Å². The van der Waals surface area contributed by atoms with Crippen LogP contribution in [0.1, 0.15) is 5.69 Å². The molecular formula is C6H4ClN3. The standard InChI is InChI=1S/C6H4ClN3/c7-5-1-4(2-8)10-3-6(5)9/h1,3H,9H2. The van der Waals surface area contributed by atoms with Gasteiger partial charge in [0, 0.05) is 0 Å². The van der Waals surface area contributed by atoms with Gasteiger partial charge in [0.2, 0.25) is 0 Å². The topological polar surface area (TPSA) is 62.7 Å². The van der Waals surface area contributed by atoms with Crippen molar-refractivity contribution < 1.29 is 0 Å². The monoisotopic (exact) mass is 153 g/mol. The lowest BCUT2D eigenvalue weighted by molar-refractivity contribution is 1.27. The summed E-state index contributed by atoms with van der Waals surface area (Å²) in [4.78, 5) is 3.69. The predicted molar refractivity (Wildman–Crippen MR) is 38.4 cm³/mol. The fourth-order valence-electron chi connectivity index (χ4n) is 0.503. The van der Waals surface area contributed by atoms with Crippen molar-refractivity contribution in [2.75, 3.05) is 5.73 Å². The fraction of sp³-hybridized carbons (Fsp3) is 0. The minimum absolute atomic E-state index is 0.277. The SMILES string of the molecule is N#Cc1cc(Cl)c(N)cn1. The maximum Gasteiger partial charge on any atom is 0.142 e. The largest absolute Gasteiger partial charge is 0.396 e. The number of nitrogen functional groups attached to an aromatic ring is 1. The molecule has 1 rings (SSSR count). The Bertz CT molecular complexity index is 290. The van der Waals surface area contributed by atoms with Crippen LogP contribution in [0.5, 0.6) is 0 Å². The first kappa shape index (κ1) is 6.84. The summed E-state index contributed by atoms with van der Waals surface area (Å²) in [5.41, 5.74) is 6.01. The number of anilines is 1. The van der Waals surface area contributed by atoms with Gasteiger partial charge >= 0.3 is 0 Å². The van der Waals surface area contributed by atoms with Crippen molar-refractivity contribution in [1.29, 1.82) is 5.26 Å². The molecule has 0 spiro atoms. The molecule has 0 saturated heterocycles. The van der Waals surface area contributed by atoms with E-state index < -0.39 is 0 Å². The molecule has 10 heavy (non-hydrogen) atoms. The van der Waals surface area contributed by atoms with Gasteiger partial charge in [-0.05, 0) is 6.07 Å². The molecule has 1 aromatic rings. The van der Waals surface area contributed by atoms with Gasteiger partial charge in [-0.2, -0.15) is 5.26 Å². The van der Waals surface area contributed by atoms with Crippen LogP contribution in [0.15, 0.2) is 12.3 Å². The van der Waals surface area contributed by atoms with Crippen LogP contribution < -0.4 is 5.73 Å². The average molecular weight is 154 g/mol. The molecule has 0 atom stereocenters. The lowest BCUT2D eigenvalue weighted by Crippen LogP contribution is -1.89. The van der Waals surface area contributed by atoms with Crippen LogP contribution in [0.3, 0.4) is 0 Å². The molecule has 0 amide bonds.